The molecule has 3 aromatic rings. The highest BCUT2D eigenvalue weighted by Crippen LogP contribution is 2.35. The van der Waals surface area contributed by atoms with Crippen molar-refractivity contribution in [1.82, 2.24) is 25.5 Å². The van der Waals surface area contributed by atoms with Gasteiger partial charge in [-0.1, -0.05) is 31.2 Å². The van der Waals surface area contributed by atoms with Crippen LogP contribution in [-0.4, -0.2) is 50.7 Å². The number of aromatic nitrogens is 2. The molecular formula is C27H27N5O5S. The van der Waals surface area contributed by atoms with E-state index in [0.29, 0.717) is 35.0 Å². The van der Waals surface area contributed by atoms with E-state index in [4.69, 9.17) is 4.74 Å². The molecule has 0 atom stereocenters. The lowest BCUT2D eigenvalue weighted by Gasteiger charge is -2.33. The first kappa shape index (κ1) is 25.4. The van der Waals surface area contributed by atoms with Crippen LogP contribution in [0.1, 0.15) is 38.2 Å². The van der Waals surface area contributed by atoms with Crippen molar-refractivity contribution in [1.29, 1.82) is 0 Å². The molecule has 38 heavy (non-hydrogen) atoms. The molecule has 2 aromatic heterocycles. The lowest BCUT2D eigenvalue weighted by molar-refractivity contribution is -0.147. The zero-order valence-electron chi connectivity index (χ0n) is 20.8. The quantitative estimate of drug-likeness (QED) is 0.271. The molecule has 4 amide bonds. The number of imide groups is 1. The molecule has 2 N–H and O–H groups in total. The second-order valence-electron chi connectivity index (χ2n) is 9.50. The number of ether oxygens (including phenoxy) is 1. The van der Waals surface area contributed by atoms with Crippen LogP contribution in [0.5, 0.6) is 0 Å². The monoisotopic (exact) mass is 533 g/mol. The number of hydrogen-bond acceptors (Lipinski definition) is 7. The van der Waals surface area contributed by atoms with Gasteiger partial charge in [-0.05, 0) is 61.3 Å². The first-order valence-electron chi connectivity index (χ1n) is 12.3. The third-order valence-electron chi connectivity index (χ3n) is 6.79. The Balaban J connectivity index is 1.20. The summed E-state index contributed by atoms with van der Waals surface area (Å²) in [4.78, 5) is 50.9. The fourth-order valence-corrected chi connectivity index (χ4v) is 5.37. The number of esters is 1. The van der Waals surface area contributed by atoms with Crippen molar-refractivity contribution < 1.29 is 23.9 Å². The normalized spacial score (nSPS) is 21.2. The van der Waals surface area contributed by atoms with Crippen LogP contribution in [0.15, 0.2) is 60.1 Å². The maximum atomic E-state index is 12.9. The highest BCUT2D eigenvalue weighted by molar-refractivity contribution is 7.13. The van der Waals surface area contributed by atoms with E-state index in [9.17, 15) is 19.2 Å². The van der Waals surface area contributed by atoms with Crippen molar-refractivity contribution in [2.24, 2.45) is 5.92 Å². The summed E-state index contributed by atoms with van der Waals surface area (Å²) in [6.07, 6.45) is 7.28. The van der Waals surface area contributed by atoms with Crippen molar-refractivity contribution >= 4 is 41.2 Å². The van der Waals surface area contributed by atoms with Gasteiger partial charge in [-0.2, -0.15) is 10.1 Å². The van der Waals surface area contributed by atoms with Crippen molar-refractivity contribution in [2.45, 2.75) is 38.1 Å². The molecule has 1 spiro atoms. The molecule has 0 unspecified atom stereocenters. The molecule has 2 aliphatic rings. The van der Waals surface area contributed by atoms with Gasteiger partial charge in [0.25, 0.3) is 11.8 Å². The van der Waals surface area contributed by atoms with Crippen LogP contribution in [-0.2, 0) is 19.1 Å². The highest BCUT2D eigenvalue weighted by atomic mass is 32.1. The van der Waals surface area contributed by atoms with E-state index in [1.807, 2.05) is 47.8 Å². The smallest absolute Gasteiger partial charge is 0.344 e. The summed E-state index contributed by atoms with van der Waals surface area (Å²) in [5.41, 5.74) is 3.56. The predicted octanol–water partition coefficient (Wildman–Crippen LogP) is 3.69. The number of benzene rings is 1. The third kappa shape index (κ3) is 5.23. The first-order chi connectivity index (χ1) is 18.3. The largest absolute Gasteiger partial charge is 0.452 e. The average Bonchev–Trinajstić information content (AvgIpc) is 3.65. The van der Waals surface area contributed by atoms with Crippen LogP contribution in [0.25, 0.3) is 22.3 Å². The van der Waals surface area contributed by atoms with E-state index in [1.54, 1.807) is 17.0 Å². The van der Waals surface area contributed by atoms with Crippen LogP contribution in [0, 0.1) is 5.92 Å². The van der Waals surface area contributed by atoms with Crippen LogP contribution >= 0.6 is 11.3 Å². The Bertz CT molecular complexity index is 1370. The molecule has 1 saturated carbocycles. The molecule has 2 fully saturated rings. The fourth-order valence-electron chi connectivity index (χ4n) is 4.64. The SMILES string of the molecule is CC1CCC2(CC1)NC(=O)N(NC(=O)COC(=O)/C=C/c1cn(-c3ccccc3)nc1-c1cccs1)C2=O. The molecule has 5 rings (SSSR count). The number of carbonyl (C=O) groups excluding carboxylic acids is 4. The van der Waals surface area contributed by atoms with Crippen molar-refractivity contribution in [3.05, 3.63) is 65.7 Å². The van der Waals surface area contributed by atoms with Crippen LogP contribution in [0.4, 0.5) is 4.79 Å². The molecule has 1 aliphatic heterocycles. The standard InChI is InChI=1S/C27H27N5O5S/c1-18-11-13-27(14-12-18)25(35)32(26(36)28-27)29-22(33)17-37-23(34)10-9-19-16-31(20-6-3-2-4-7-20)30-24(19)21-8-5-15-38-21/h2-10,15-16,18H,11-14,17H2,1H3,(H,28,36)(H,29,33)/b10-9+. The van der Waals surface area contributed by atoms with E-state index in [-0.39, 0.29) is 0 Å². The van der Waals surface area contributed by atoms with E-state index < -0.39 is 36.0 Å². The van der Waals surface area contributed by atoms with Gasteiger partial charge in [0.2, 0.25) is 0 Å². The summed E-state index contributed by atoms with van der Waals surface area (Å²) in [7, 11) is 0. The number of carbonyl (C=O) groups is 4. The predicted molar refractivity (Wildman–Crippen MR) is 141 cm³/mol. The lowest BCUT2D eigenvalue weighted by atomic mass is 9.77. The van der Waals surface area contributed by atoms with Gasteiger partial charge in [-0.15, -0.1) is 11.3 Å². The van der Waals surface area contributed by atoms with Gasteiger partial charge in [-0.25, -0.2) is 14.3 Å². The van der Waals surface area contributed by atoms with E-state index in [0.717, 1.165) is 23.4 Å². The number of nitrogens with zero attached hydrogens (tertiary/aromatic N) is 3. The summed E-state index contributed by atoms with van der Waals surface area (Å²) in [5.74, 6) is -1.53. The Kier molecular flexibility index (Phi) is 7.10. The lowest BCUT2D eigenvalue weighted by Crippen LogP contribution is -2.52. The summed E-state index contributed by atoms with van der Waals surface area (Å²) >= 11 is 1.53. The summed E-state index contributed by atoms with van der Waals surface area (Å²) in [6, 6.07) is 12.8. The zero-order chi connectivity index (χ0) is 26.7. The molecule has 10 nitrogen and oxygen atoms in total. The van der Waals surface area contributed by atoms with Gasteiger partial charge < -0.3 is 10.1 Å². The van der Waals surface area contributed by atoms with Crippen molar-refractivity contribution in [3.8, 4) is 16.3 Å². The zero-order valence-corrected chi connectivity index (χ0v) is 21.6. The van der Waals surface area contributed by atoms with Gasteiger partial charge in [-0.3, -0.25) is 15.0 Å². The molecule has 3 heterocycles. The Morgan fingerprint density at radius 3 is 2.66 bits per heavy atom. The second kappa shape index (κ2) is 10.6. The van der Waals surface area contributed by atoms with E-state index in [1.165, 1.54) is 17.4 Å². The van der Waals surface area contributed by atoms with Crippen LogP contribution < -0.4 is 10.7 Å². The number of hydrogen-bond donors (Lipinski definition) is 2. The van der Waals surface area contributed by atoms with Crippen molar-refractivity contribution in [2.75, 3.05) is 6.61 Å². The Morgan fingerprint density at radius 1 is 1.18 bits per heavy atom. The highest BCUT2D eigenvalue weighted by Gasteiger charge is 2.52. The number of nitrogens with one attached hydrogen (secondary N) is 2. The average molecular weight is 534 g/mol. The summed E-state index contributed by atoms with van der Waals surface area (Å²) < 4.78 is 6.77. The topological polar surface area (TPSA) is 123 Å². The first-order valence-corrected chi connectivity index (χ1v) is 13.2. The van der Waals surface area contributed by atoms with Crippen molar-refractivity contribution in [3.63, 3.8) is 0 Å². The molecule has 196 valence electrons. The summed E-state index contributed by atoms with van der Waals surface area (Å²) in [5, 5.41) is 10.0. The molecular weight excluding hydrogens is 506 g/mol. The second-order valence-corrected chi connectivity index (χ2v) is 10.4. The molecule has 0 bridgehead atoms. The van der Waals surface area contributed by atoms with E-state index in [2.05, 4.69) is 22.8 Å². The maximum absolute atomic E-state index is 12.9. The molecule has 0 radical (unpaired) electrons. The van der Waals surface area contributed by atoms with E-state index >= 15 is 0 Å². The number of urea groups is 1. The van der Waals surface area contributed by atoms with Gasteiger partial charge in [0.1, 0.15) is 11.2 Å². The Morgan fingerprint density at radius 2 is 1.95 bits per heavy atom. The van der Waals surface area contributed by atoms with Gasteiger partial charge in [0, 0.05) is 17.8 Å². The molecule has 1 saturated heterocycles. The molecule has 11 heteroatoms. The number of para-hydroxylation sites is 1. The van der Waals surface area contributed by atoms with Gasteiger partial charge >= 0.3 is 12.0 Å². The minimum atomic E-state index is -0.971. The minimum Gasteiger partial charge on any atom is -0.452 e. The van der Waals surface area contributed by atoms with Crippen LogP contribution in [0.3, 0.4) is 0 Å². The third-order valence-corrected chi connectivity index (χ3v) is 7.67. The number of thiophene rings is 1. The Hall–Kier alpha value is -4.25. The summed E-state index contributed by atoms with van der Waals surface area (Å²) in [6.45, 7) is 1.46. The molecule has 1 aliphatic carbocycles. The number of hydrazine groups is 1. The Labute approximate surface area is 223 Å². The number of amides is 4. The van der Waals surface area contributed by atoms with Gasteiger partial charge in [0.05, 0.1) is 10.6 Å². The maximum Gasteiger partial charge on any atom is 0.344 e. The number of rotatable bonds is 7. The molecule has 1 aromatic carbocycles. The van der Waals surface area contributed by atoms with Crippen LogP contribution in [0.2, 0.25) is 0 Å². The van der Waals surface area contributed by atoms with Gasteiger partial charge in [0.15, 0.2) is 6.61 Å². The minimum absolute atomic E-state index is 0.481. The fraction of sp³-hybridized carbons (Fsp3) is 0.296.